The first-order valence-corrected chi connectivity index (χ1v) is 17.7. The lowest BCUT2D eigenvalue weighted by Gasteiger charge is -2.14. The summed E-state index contributed by atoms with van der Waals surface area (Å²) in [6.45, 7) is 0. The third kappa shape index (κ3) is 4.99. The summed E-state index contributed by atoms with van der Waals surface area (Å²) in [4.78, 5) is 23.0. The van der Waals surface area contributed by atoms with Crippen LogP contribution in [0.2, 0.25) is 0 Å². The van der Waals surface area contributed by atoms with Gasteiger partial charge in [-0.25, -0.2) is 14.8 Å². The minimum absolute atomic E-state index is 0.0429. The molecule has 0 atom stereocenters. The van der Waals surface area contributed by atoms with Gasteiger partial charge in [0.2, 0.25) is 0 Å². The van der Waals surface area contributed by atoms with E-state index < -0.39 is 0 Å². The lowest BCUT2D eigenvalue weighted by atomic mass is 9.92. The second-order valence-electron chi connectivity index (χ2n) is 13.5. The van der Waals surface area contributed by atoms with Crippen LogP contribution in [0.25, 0.3) is 99.9 Å². The zero-order chi connectivity index (χ0) is 35.6. The summed E-state index contributed by atoms with van der Waals surface area (Å²) in [7, 11) is 3.62. The molecule has 0 saturated heterocycles. The molecular formula is C47H32N4O2. The van der Waals surface area contributed by atoms with E-state index in [2.05, 4.69) is 121 Å². The van der Waals surface area contributed by atoms with Gasteiger partial charge in [-0.05, 0) is 69.4 Å². The fourth-order valence-corrected chi connectivity index (χ4v) is 7.75. The highest BCUT2D eigenvalue weighted by Crippen LogP contribution is 2.43. The van der Waals surface area contributed by atoms with Gasteiger partial charge in [0.15, 0.2) is 5.82 Å². The maximum atomic E-state index is 12.7. The number of nitrogens with zero attached hydrogens (tertiary/aromatic N) is 4. The van der Waals surface area contributed by atoms with Crippen LogP contribution in [0.4, 0.5) is 0 Å². The highest BCUT2D eigenvalue weighted by Gasteiger charge is 2.19. The predicted molar refractivity (Wildman–Crippen MR) is 216 cm³/mol. The number of benzene rings is 7. The van der Waals surface area contributed by atoms with E-state index in [-0.39, 0.29) is 5.69 Å². The molecule has 0 bridgehead atoms. The van der Waals surface area contributed by atoms with Gasteiger partial charge >= 0.3 is 5.69 Å². The van der Waals surface area contributed by atoms with E-state index >= 15 is 0 Å². The van der Waals surface area contributed by atoms with Crippen molar-refractivity contribution in [2.24, 2.45) is 14.1 Å². The second-order valence-corrected chi connectivity index (χ2v) is 13.5. The Kier molecular flexibility index (Phi) is 6.98. The quantitative estimate of drug-likeness (QED) is 0.181. The van der Waals surface area contributed by atoms with Crippen LogP contribution in [0.15, 0.2) is 167 Å². The van der Waals surface area contributed by atoms with Crippen LogP contribution in [-0.2, 0) is 14.1 Å². The number of hydrogen-bond acceptors (Lipinski definition) is 4. The molecule has 252 valence electrons. The molecule has 0 N–H and O–H groups in total. The summed E-state index contributed by atoms with van der Waals surface area (Å²) in [5.74, 6) is 0.650. The SMILES string of the molecule is Cn1c(=O)n(C)c2cc(-c3cccc(-c4cc(-c5ccccc5-c5cccc6oc7ccc8ccccc8c7c56)nc(-c5ccccc5)n4)c3)ccc21. The Morgan fingerprint density at radius 2 is 1.13 bits per heavy atom. The topological polar surface area (TPSA) is 65.8 Å². The fourth-order valence-electron chi connectivity index (χ4n) is 7.75. The Morgan fingerprint density at radius 1 is 0.472 bits per heavy atom. The fraction of sp³-hybridized carbons (Fsp3) is 0.0426. The van der Waals surface area contributed by atoms with Gasteiger partial charge < -0.3 is 4.42 Å². The molecule has 6 heteroatoms. The first kappa shape index (κ1) is 30.7. The zero-order valence-corrected chi connectivity index (χ0v) is 29.1. The van der Waals surface area contributed by atoms with E-state index in [1.807, 2.05) is 43.4 Å². The summed E-state index contributed by atoms with van der Waals surface area (Å²) in [6, 6.07) is 54.3. The highest BCUT2D eigenvalue weighted by molar-refractivity contribution is 6.23. The van der Waals surface area contributed by atoms with Gasteiger partial charge in [-0.2, -0.15) is 0 Å². The van der Waals surface area contributed by atoms with Crippen LogP contribution < -0.4 is 5.69 Å². The van der Waals surface area contributed by atoms with Gasteiger partial charge in [-0.1, -0.05) is 121 Å². The lowest BCUT2D eigenvalue weighted by Crippen LogP contribution is -2.19. The molecule has 3 heterocycles. The summed E-state index contributed by atoms with van der Waals surface area (Å²) in [5, 5.41) is 4.54. The zero-order valence-electron chi connectivity index (χ0n) is 29.1. The van der Waals surface area contributed by atoms with Gasteiger partial charge in [-0.3, -0.25) is 9.13 Å². The number of hydrogen-bond donors (Lipinski definition) is 0. The number of aromatic nitrogens is 4. The van der Waals surface area contributed by atoms with E-state index in [0.29, 0.717) is 5.82 Å². The predicted octanol–water partition coefficient (Wildman–Crippen LogP) is 11.1. The standard InChI is InChI=1S/C47H32N4O2/c1-50-40-24-22-32(27-41(40)51(2)47(50)52)31-15-10-16-33(26-31)38-28-39(49-46(48-38)30-13-4-3-5-14-30)36-19-9-8-18-35(36)37-20-11-21-42-45(37)44-34-17-7-6-12-29(34)23-25-43(44)53-42/h3-28H,1-2H3. The summed E-state index contributed by atoms with van der Waals surface area (Å²) in [6.07, 6.45) is 0. The Balaban J connectivity index is 1.17. The molecule has 10 aromatic rings. The molecule has 7 aromatic carbocycles. The summed E-state index contributed by atoms with van der Waals surface area (Å²) < 4.78 is 9.84. The average Bonchev–Trinajstić information content (AvgIpc) is 3.72. The Labute approximate surface area is 304 Å². The number of imidazole rings is 1. The van der Waals surface area contributed by atoms with Crippen molar-refractivity contribution in [1.82, 2.24) is 19.1 Å². The van der Waals surface area contributed by atoms with Crippen molar-refractivity contribution >= 4 is 43.7 Å². The summed E-state index contributed by atoms with van der Waals surface area (Å²) in [5.41, 5.74) is 12.2. The second kappa shape index (κ2) is 12.0. The van der Waals surface area contributed by atoms with Crippen molar-refractivity contribution in [2.75, 3.05) is 0 Å². The monoisotopic (exact) mass is 684 g/mol. The largest absolute Gasteiger partial charge is 0.456 e. The molecule has 6 nitrogen and oxygen atoms in total. The van der Waals surface area contributed by atoms with Crippen molar-refractivity contribution < 1.29 is 4.42 Å². The average molecular weight is 685 g/mol. The summed E-state index contributed by atoms with van der Waals surface area (Å²) >= 11 is 0. The van der Waals surface area contributed by atoms with Crippen LogP contribution in [-0.4, -0.2) is 19.1 Å². The highest BCUT2D eigenvalue weighted by atomic mass is 16.3. The first-order valence-electron chi connectivity index (χ1n) is 17.7. The molecule has 0 saturated carbocycles. The molecule has 0 unspecified atom stereocenters. The number of fused-ring (bicyclic) bond motifs is 6. The molecule has 0 radical (unpaired) electrons. The molecule has 10 rings (SSSR count). The van der Waals surface area contributed by atoms with Gasteiger partial charge in [0.25, 0.3) is 0 Å². The molecule has 0 aliphatic rings. The van der Waals surface area contributed by atoms with E-state index in [4.69, 9.17) is 14.4 Å². The Morgan fingerprint density at radius 3 is 2.02 bits per heavy atom. The van der Waals surface area contributed by atoms with Crippen molar-refractivity contribution in [2.45, 2.75) is 0 Å². The minimum atomic E-state index is -0.0429. The third-order valence-corrected chi connectivity index (χ3v) is 10.4. The van der Waals surface area contributed by atoms with E-state index in [1.54, 1.807) is 16.2 Å². The molecule has 0 aliphatic carbocycles. The van der Waals surface area contributed by atoms with Crippen LogP contribution in [0.3, 0.4) is 0 Å². The smallest absolute Gasteiger partial charge is 0.328 e. The maximum Gasteiger partial charge on any atom is 0.328 e. The molecule has 0 spiro atoms. The van der Waals surface area contributed by atoms with Gasteiger partial charge in [-0.15, -0.1) is 0 Å². The molecule has 0 amide bonds. The Hall–Kier alpha value is -7.05. The van der Waals surface area contributed by atoms with Gasteiger partial charge in [0, 0.05) is 41.6 Å². The molecule has 0 aliphatic heterocycles. The minimum Gasteiger partial charge on any atom is -0.456 e. The van der Waals surface area contributed by atoms with Crippen LogP contribution in [0.5, 0.6) is 0 Å². The molecule has 53 heavy (non-hydrogen) atoms. The van der Waals surface area contributed by atoms with Crippen molar-refractivity contribution in [3.8, 4) is 56.2 Å². The van der Waals surface area contributed by atoms with Gasteiger partial charge in [0.1, 0.15) is 11.2 Å². The number of furan rings is 1. The van der Waals surface area contributed by atoms with Crippen molar-refractivity contribution in [3.05, 3.63) is 168 Å². The van der Waals surface area contributed by atoms with E-state index in [1.165, 1.54) is 5.39 Å². The van der Waals surface area contributed by atoms with Crippen molar-refractivity contribution in [3.63, 3.8) is 0 Å². The molecule has 0 fully saturated rings. The van der Waals surface area contributed by atoms with Crippen LogP contribution in [0.1, 0.15) is 0 Å². The number of rotatable bonds is 5. The normalized spacial score (nSPS) is 11.7. The van der Waals surface area contributed by atoms with Crippen molar-refractivity contribution in [1.29, 1.82) is 0 Å². The van der Waals surface area contributed by atoms with E-state index in [0.717, 1.165) is 88.7 Å². The Bertz CT molecular complexity index is 3110. The third-order valence-electron chi connectivity index (χ3n) is 10.4. The van der Waals surface area contributed by atoms with Crippen LogP contribution in [0, 0.1) is 0 Å². The van der Waals surface area contributed by atoms with Gasteiger partial charge in [0.05, 0.1) is 22.4 Å². The van der Waals surface area contributed by atoms with Crippen LogP contribution >= 0.6 is 0 Å². The maximum absolute atomic E-state index is 12.7. The molecular weight excluding hydrogens is 653 g/mol. The number of aryl methyl sites for hydroxylation is 2. The molecule has 3 aromatic heterocycles. The lowest BCUT2D eigenvalue weighted by molar-refractivity contribution is 0.669. The first-order chi connectivity index (χ1) is 26.0. The van der Waals surface area contributed by atoms with E-state index in [9.17, 15) is 4.79 Å².